The van der Waals surface area contributed by atoms with Crippen LogP contribution in [0.25, 0.3) is 16.9 Å². The Morgan fingerprint density at radius 1 is 1.23 bits per heavy atom. The van der Waals surface area contributed by atoms with Gasteiger partial charge in [0.1, 0.15) is 12.2 Å². The largest absolute Gasteiger partial charge is 0.387 e. The lowest BCUT2D eigenvalue weighted by Crippen LogP contribution is -2.42. The molecule has 1 aliphatic rings. The molecule has 4 heterocycles. The number of hydrogen-bond donors (Lipinski definition) is 4. The average Bonchev–Trinajstić information content (AvgIpc) is 3.43. The van der Waals surface area contributed by atoms with E-state index < -0.39 is 29.6 Å². The van der Waals surface area contributed by atoms with Crippen LogP contribution in [0.2, 0.25) is 0 Å². The van der Waals surface area contributed by atoms with Gasteiger partial charge in [0, 0.05) is 17.6 Å². The van der Waals surface area contributed by atoms with Crippen LogP contribution in [0.1, 0.15) is 49.2 Å². The molecule has 0 saturated heterocycles. The smallest absolute Gasteiger partial charge is 0.255 e. The second kappa shape index (κ2) is 9.73. The van der Waals surface area contributed by atoms with Crippen molar-refractivity contribution in [2.45, 2.75) is 44.9 Å². The van der Waals surface area contributed by atoms with Gasteiger partial charge in [-0.15, -0.1) is 0 Å². The minimum atomic E-state index is -1.68. The van der Waals surface area contributed by atoms with E-state index in [2.05, 4.69) is 32.1 Å². The number of carbonyl (C=O) groups excluding carboxylic acids is 2. The molecule has 3 aromatic heterocycles. The van der Waals surface area contributed by atoms with Crippen LogP contribution in [0.3, 0.4) is 0 Å². The Hall–Kier alpha value is -4.82. The Morgan fingerprint density at radius 2 is 2.00 bits per heavy atom. The molecule has 1 aromatic carbocycles. The van der Waals surface area contributed by atoms with Gasteiger partial charge in [-0.3, -0.25) is 14.6 Å². The summed E-state index contributed by atoms with van der Waals surface area (Å²) in [5.74, 6) is -0.686. The van der Waals surface area contributed by atoms with E-state index in [1.165, 1.54) is 26.2 Å². The summed E-state index contributed by atoms with van der Waals surface area (Å²) in [7, 11) is 0. The average molecular weight is 542 g/mol. The molecule has 0 unspecified atom stereocenters. The number of carbonyl (C=O) groups is 2. The predicted molar refractivity (Wildman–Crippen MR) is 148 cm³/mol. The van der Waals surface area contributed by atoms with Crippen LogP contribution < -0.4 is 16.0 Å². The Balaban J connectivity index is 1.54. The van der Waals surface area contributed by atoms with E-state index in [0.717, 1.165) is 11.3 Å². The van der Waals surface area contributed by atoms with Crippen molar-refractivity contribution in [1.82, 2.24) is 19.9 Å². The number of benzene rings is 1. The SMILES string of the molecule is CC1(C)C(=O)Nc2ccc(Nc3cc(-c4ccc5cc(C#N)cnn45)ncc3C(=O)NC[C@@H](F)C(C)(C)O)cc21. The minimum Gasteiger partial charge on any atom is -0.387 e. The van der Waals surface area contributed by atoms with Crippen molar-refractivity contribution in [2.24, 2.45) is 0 Å². The van der Waals surface area contributed by atoms with Gasteiger partial charge in [0.15, 0.2) is 0 Å². The first-order valence-corrected chi connectivity index (χ1v) is 12.6. The highest BCUT2D eigenvalue weighted by Crippen LogP contribution is 2.39. The quantitative estimate of drug-likeness (QED) is 0.276. The third-order valence-electron chi connectivity index (χ3n) is 7.04. The summed E-state index contributed by atoms with van der Waals surface area (Å²) in [4.78, 5) is 30.1. The maximum atomic E-state index is 14.4. The number of fused-ring (bicyclic) bond motifs is 2. The number of hydrogen-bond acceptors (Lipinski definition) is 7. The molecule has 4 N–H and O–H groups in total. The molecule has 0 bridgehead atoms. The summed E-state index contributed by atoms with van der Waals surface area (Å²) in [5.41, 5.74) is 2.60. The molecule has 5 rings (SSSR count). The summed E-state index contributed by atoms with van der Waals surface area (Å²) < 4.78 is 16.0. The highest BCUT2D eigenvalue weighted by atomic mass is 19.1. The van der Waals surface area contributed by atoms with Gasteiger partial charge in [-0.05, 0) is 75.7 Å². The summed E-state index contributed by atoms with van der Waals surface area (Å²) >= 11 is 0. The van der Waals surface area contributed by atoms with Gasteiger partial charge in [0.2, 0.25) is 5.91 Å². The van der Waals surface area contributed by atoms with Crippen LogP contribution in [-0.2, 0) is 10.2 Å². The Bertz CT molecular complexity index is 1700. The van der Waals surface area contributed by atoms with E-state index in [0.29, 0.717) is 33.8 Å². The van der Waals surface area contributed by atoms with E-state index in [-0.39, 0.29) is 11.5 Å². The molecule has 0 radical (unpaired) electrons. The number of rotatable bonds is 7. The van der Waals surface area contributed by atoms with Crippen molar-refractivity contribution in [3.8, 4) is 17.5 Å². The number of halogens is 1. The van der Waals surface area contributed by atoms with Crippen LogP contribution in [0.5, 0.6) is 0 Å². The minimum absolute atomic E-state index is 0.106. The molecule has 1 aliphatic heterocycles. The van der Waals surface area contributed by atoms with Crippen molar-refractivity contribution in [3.63, 3.8) is 0 Å². The molecule has 204 valence electrons. The fourth-order valence-electron chi connectivity index (χ4n) is 4.47. The van der Waals surface area contributed by atoms with Crippen LogP contribution in [0, 0.1) is 11.3 Å². The van der Waals surface area contributed by atoms with E-state index >= 15 is 0 Å². The predicted octanol–water partition coefficient (Wildman–Crippen LogP) is 4.08. The van der Waals surface area contributed by atoms with Gasteiger partial charge in [0.05, 0.1) is 57.5 Å². The molecular formula is C29H28FN7O3. The van der Waals surface area contributed by atoms with E-state index in [9.17, 15) is 24.3 Å². The summed E-state index contributed by atoms with van der Waals surface area (Å²) in [6.45, 7) is 5.94. The van der Waals surface area contributed by atoms with E-state index in [1.807, 2.05) is 32.0 Å². The first-order valence-electron chi connectivity index (χ1n) is 12.6. The summed E-state index contributed by atoms with van der Waals surface area (Å²) in [6, 6.07) is 14.5. The van der Waals surface area contributed by atoms with Crippen molar-refractivity contribution in [3.05, 3.63) is 71.5 Å². The first-order chi connectivity index (χ1) is 18.9. The maximum Gasteiger partial charge on any atom is 0.255 e. The number of anilines is 3. The molecule has 4 aromatic rings. The molecule has 2 amide bonds. The number of aromatic nitrogens is 3. The van der Waals surface area contributed by atoms with Crippen molar-refractivity contribution in [1.29, 1.82) is 5.26 Å². The lowest BCUT2D eigenvalue weighted by Gasteiger charge is -2.22. The Labute approximate surface area is 229 Å². The van der Waals surface area contributed by atoms with Gasteiger partial charge < -0.3 is 21.1 Å². The number of nitrogens with one attached hydrogen (secondary N) is 3. The molecular weight excluding hydrogens is 513 g/mol. The van der Waals surface area contributed by atoms with Gasteiger partial charge in [-0.25, -0.2) is 8.91 Å². The van der Waals surface area contributed by atoms with Crippen molar-refractivity contribution in [2.75, 3.05) is 17.2 Å². The lowest BCUT2D eigenvalue weighted by molar-refractivity contribution is -0.119. The zero-order chi connectivity index (χ0) is 28.8. The molecule has 11 heteroatoms. The highest BCUT2D eigenvalue weighted by molar-refractivity contribution is 6.06. The number of nitrogens with zero attached hydrogens (tertiary/aromatic N) is 4. The fourth-order valence-corrected chi connectivity index (χ4v) is 4.47. The van der Waals surface area contributed by atoms with Gasteiger partial charge >= 0.3 is 0 Å². The Kier molecular flexibility index (Phi) is 6.51. The molecule has 0 saturated carbocycles. The second-order valence-electron chi connectivity index (χ2n) is 10.8. The van der Waals surface area contributed by atoms with Crippen LogP contribution in [0.4, 0.5) is 21.5 Å². The third-order valence-corrected chi connectivity index (χ3v) is 7.04. The van der Waals surface area contributed by atoms with Crippen LogP contribution in [0.15, 0.2) is 54.9 Å². The van der Waals surface area contributed by atoms with Gasteiger partial charge in [-0.2, -0.15) is 10.4 Å². The van der Waals surface area contributed by atoms with E-state index in [1.54, 1.807) is 28.8 Å². The zero-order valence-electron chi connectivity index (χ0n) is 22.4. The monoisotopic (exact) mass is 541 g/mol. The lowest BCUT2D eigenvalue weighted by atomic mass is 9.86. The summed E-state index contributed by atoms with van der Waals surface area (Å²) in [5, 5.41) is 32.1. The highest BCUT2D eigenvalue weighted by Gasteiger charge is 2.38. The van der Waals surface area contributed by atoms with Crippen molar-refractivity contribution < 1.29 is 19.1 Å². The first kappa shape index (κ1) is 26.8. The molecule has 0 aliphatic carbocycles. The van der Waals surface area contributed by atoms with Crippen LogP contribution in [-0.4, -0.2) is 49.8 Å². The number of pyridine rings is 1. The number of nitriles is 1. The van der Waals surface area contributed by atoms with Gasteiger partial charge in [0.25, 0.3) is 5.91 Å². The molecule has 0 spiro atoms. The summed E-state index contributed by atoms with van der Waals surface area (Å²) in [6.07, 6.45) is 1.16. The van der Waals surface area contributed by atoms with E-state index in [4.69, 9.17) is 0 Å². The Morgan fingerprint density at radius 3 is 2.73 bits per heavy atom. The zero-order valence-corrected chi connectivity index (χ0v) is 22.4. The fraction of sp³-hybridized carbons (Fsp3) is 0.276. The third kappa shape index (κ3) is 4.85. The molecule has 40 heavy (non-hydrogen) atoms. The molecule has 10 nitrogen and oxygen atoms in total. The normalized spacial score (nSPS) is 14.8. The van der Waals surface area contributed by atoms with Crippen LogP contribution >= 0.6 is 0 Å². The topological polar surface area (TPSA) is 144 Å². The number of aliphatic hydroxyl groups is 1. The second-order valence-corrected chi connectivity index (χ2v) is 10.8. The van der Waals surface area contributed by atoms with Gasteiger partial charge in [-0.1, -0.05) is 0 Å². The molecule has 1 atom stereocenters. The standard InChI is InChI=1S/C29H28FN7O3/c1-28(2)20-10-17(5-7-21(20)36-27(28)39)35-22-11-23(24-8-6-18-9-16(12-31)13-34-37(18)24)32-14-19(22)26(38)33-15-25(30)29(3,4)40/h5-11,13-14,25,40H,15H2,1-4H3,(H,32,35)(H,33,38)(H,36,39)/t25-/m1/s1. The number of alkyl halides is 1. The van der Waals surface area contributed by atoms with Crippen molar-refractivity contribution >= 4 is 34.4 Å². The molecule has 0 fully saturated rings. The maximum absolute atomic E-state index is 14.4. The number of amides is 2.